The Labute approximate surface area is 187 Å². The average molecular weight is 498 g/mol. The molecule has 0 bridgehead atoms. The van der Waals surface area contributed by atoms with E-state index < -0.39 is 36.0 Å². The number of alkyl carbamates (subject to hydrolysis) is 1. The van der Waals surface area contributed by atoms with Gasteiger partial charge in [-0.15, -0.1) is 0 Å². The first-order chi connectivity index (χ1) is 14.6. The molecule has 1 rings (SSSR count). The van der Waals surface area contributed by atoms with Gasteiger partial charge < -0.3 is 25.6 Å². The summed E-state index contributed by atoms with van der Waals surface area (Å²) in [5.74, 6) is -3.20. The van der Waals surface area contributed by atoms with Crippen LogP contribution in [0.5, 0.6) is 0 Å². The molecule has 0 aromatic heterocycles. The molecule has 31 heavy (non-hydrogen) atoms. The Kier molecular flexibility index (Phi) is 11.3. The molecule has 0 aliphatic rings. The van der Waals surface area contributed by atoms with Gasteiger partial charge >= 0.3 is 18.0 Å². The van der Waals surface area contributed by atoms with Gasteiger partial charge in [-0.3, -0.25) is 14.4 Å². The molecule has 2 atom stereocenters. The Balaban J connectivity index is 2.42. The Morgan fingerprint density at radius 2 is 1.81 bits per heavy atom. The van der Waals surface area contributed by atoms with Crippen LogP contribution in [0, 0.1) is 0 Å². The van der Waals surface area contributed by atoms with Crippen LogP contribution in [-0.4, -0.2) is 58.6 Å². The summed E-state index contributed by atoms with van der Waals surface area (Å²) in [7, 11) is 0. The number of carboxylic acids is 2. The van der Waals surface area contributed by atoms with Crippen LogP contribution in [-0.2, 0) is 19.1 Å². The third-order valence-electron chi connectivity index (χ3n) is 4.22. The fraction of sp³-hybridized carbons (Fsp3) is 0.450. The molecule has 0 aliphatic carbocycles. The number of Topliss-reactive ketones (excluding diaryl/α,β-unsaturated/α-hetero) is 1. The zero-order valence-corrected chi connectivity index (χ0v) is 18.5. The van der Waals surface area contributed by atoms with Crippen molar-refractivity contribution in [3.63, 3.8) is 0 Å². The summed E-state index contributed by atoms with van der Waals surface area (Å²) >= 11 is 3.28. The highest BCUT2D eigenvalue weighted by molar-refractivity contribution is 9.10. The molecule has 0 aliphatic heterocycles. The molecule has 1 aromatic carbocycles. The van der Waals surface area contributed by atoms with E-state index in [0.29, 0.717) is 24.9 Å². The van der Waals surface area contributed by atoms with E-state index in [0.717, 1.165) is 4.47 Å². The van der Waals surface area contributed by atoms with Crippen LogP contribution in [0.15, 0.2) is 28.7 Å². The number of benzene rings is 1. The number of aliphatic carboxylic acids is 2. The van der Waals surface area contributed by atoms with Gasteiger partial charge in [-0.1, -0.05) is 22.0 Å². The number of ketones is 1. The number of rotatable bonds is 13. The van der Waals surface area contributed by atoms with Crippen LogP contribution < -0.4 is 10.6 Å². The molecular formula is C20H25BrN2O8. The summed E-state index contributed by atoms with van der Waals surface area (Å²) in [6.45, 7) is 1.50. The minimum atomic E-state index is -1.44. The molecule has 0 saturated carbocycles. The highest BCUT2D eigenvalue weighted by atomic mass is 76.9. The Morgan fingerprint density at radius 3 is 2.39 bits per heavy atom. The van der Waals surface area contributed by atoms with Gasteiger partial charge in [0.1, 0.15) is 0 Å². The number of hydrogen-bond donors (Lipinski definition) is 4. The van der Waals surface area contributed by atoms with Crippen molar-refractivity contribution >= 4 is 45.7 Å². The quantitative estimate of drug-likeness (QED) is 0.302. The predicted octanol–water partition coefficient (Wildman–Crippen LogP) is 2.35. The lowest BCUT2D eigenvalue weighted by Crippen LogP contribution is -2.42. The number of unbranched alkanes of at least 4 members (excludes halogenated alkanes) is 1. The Morgan fingerprint density at radius 1 is 1.10 bits per heavy atom. The predicted molar refractivity (Wildman–Crippen MR) is 113 cm³/mol. The van der Waals surface area contributed by atoms with Crippen LogP contribution in [0.4, 0.5) is 4.79 Å². The molecule has 4 N–H and O–H groups in total. The van der Waals surface area contributed by atoms with Crippen molar-refractivity contribution in [1.29, 1.82) is 0 Å². The highest BCUT2D eigenvalue weighted by Crippen LogP contribution is 2.12. The Hall–Kier alpha value is -2.95. The van der Waals surface area contributed by atoms with E-state index >= 15 is 0 Å². The molecule has 170 valence electrons. The van der Waals surface area contributed by atoms with Gasteiger partial charge in [0.15, 0.2) is 5.78 Å². The van der Waals surface area contributed by atoms with E-state index in [2.05, 4.69) is 26.6 Å². The lowest BCUT2D eigenvalue weighted by Gasteiger charge is -2.18. The first-order valence-electron chi connectivity index (χ1n) is 9.56. The van der Waals surface area contributed by atoms with Crippen molar-refractivity contribution in [1.82, 2.24) is 10.6 Å². The molecule has 10 nitrogen and oxygen atoms in total. The fourth-order valence-electron chi connectivity index (χ4n) is 2.57. The molecule has 2 amide bonds. The van der Waals surface area contributed by atoms with Gasteiger partial charge in [0.25, 0.3) is 5.91 Å². The van der Waals surface area contributed by atoms with Crippen molar-refractivity contribution in [2.75, 3.05) is 6.54 Å². The first-order valence-corrected chi connectivity index (χ1v) is 10.4. The normalized spacial score (nSPS) is 12.3. The van der Waals surface area contributed by atoms with Gasteiger partial charge in [-0.05, 0) is 50.8 Å². The summed E-state index contributed by atoms with van der Waals surface area (Å²) in [4.78, 5) is 57.4. The van der Waals surface area contributed by atoms with Crippen molar-refractivity contribution < 1.29 is 38.9 Å². The van der Waals surface area contributed by atoms with Gasteiger partial charge in [0.2, 0.25) is 6.10 Å². The van der Waals surface area contributed by atoms with Crippen LogP contribution in [0.25, 0.3) is 0 Å². The fourth-order valence-corrected chi connectivity index (χ4v) is 2.97. The molecule has 0 unspecified atom stereocenters. The van der Waals surface area contributed by atoms with E-state index in [9.17, 15) is 29.1 Å². The number of carboxylic acid groups (broad SMARTS) is 2. The number of carbonyl (C=O) groups is 5. The summed E-state index contributed by atoms with van der Waals surface area (Å²) in [5, 5.41) is 22.8. The number of amides is 2. The first kappa shape index (κ1) is 26.1. The second-order valence-corrected chi connectivity index (χ2v) is 7.65. The zero-order chi connectivity index (χ0) is 23.4. The smallest absolute Gasteiger partial charge is 0.408 e. The van der Waals surface area contributed by atoms with Gasteiger partial charge in [-0.25, -0.2) is 9.59 Å². The molecule has 0 heterocycles. The lowest BCUT2D eigenvalue weighted by molar-refractivity contribution is -0.147. The SMILES string of the molecule is CC(=O)[C@H](CCC(=O)O)NC(=O)O[C@@H](CCCCNC(=O)c1cccc([77Br])c1)C(=O)O. The summed E-state index contributed by atoms with van der Waals surface area (Å²) in [6, 6.07) is 5.79. The number of hydrogen-bond acceptors (Lipinski definition) is 6. The van der Waals surface area contributed by atoms with Crippen LogP contribution in [0.2, 0.25) is 0 Å². The standard InChI is InChI=1S/C20H25BrN2O8/c1-12(24)15(8-9-17(25)26)23-20(30)31-16(19(28)29)7-2-3-10-22-18(27)13-5-4-6-14(21)11-13/h4-6,11,15-16H,2-3,7-10H2,1H3,(H,22,27)(H,23,30)(H,25,26)(H,28,29)/t15-,16-/m0/s1/i21-3. The number of nitrogens with one attached hydrogen (secondary N) is 2. The van der Waals surface area contributed by atoms with Crippen molar-refractivity contribution in [2.45, 2.75) is 51.2 Å². The zero-order valence-electron chi connectivity index (χ0n) is 16.9. The van der Waals surface area contributed by atoms with E-state index in [-0.39, 0.29) is 25.2 Å². The van der Waals surface area contributed by atoms with Crippen molar-refractivity contribution in [3.8, 4) is 0 Å². The molecule has 1 aromatic rings. The second kappa shape index (κ2) is 13.4. The monoisotopic (exact) mass is 498 g/mol. The molecule has 0 fully saturated rings. The van der Waals surface area contributed by atoms with Gasteiger partial charge in [0, 0.05) is 23.0 Å². The molecule has 0 saturated heterocycles. The van der Waals surface area contributed by atoms with Gasteiger partial charge in [0.05, 0.1) is 6.04 Å². The summed E-state index contributed by atoms with van der Waals surface area (Å²) in [6.07, 6.45) is -2.18. The Bertz CT molecular complexity index is 814. The largest absolute Gasteiger partial charge is 0.481 e. The molecular weight excluding hydrogens is 473 g/mol. The summed E-state index contributed by atoms with van der Waals surface area (Å²) < 4.78 is 5.64. The minimum Gasteiger partial charge on any atom is -0.481 e. The minimum absolute atomic E-state index is 0.00930. The van der Waals surface area contributed by atoms with Crippen LogP contribution in [0.3, 0.4) is 0 Å². The maximum atomic E-state index is 12.0. The highest BCUT2D eigenvalue weighted by Gasteiger charge is 2.25. The van der Waals surface area contributed by atoms with Gasteiger partial charge in [-0.2, -0.15) is 0 Å². The molecule has 11 heteroatoms. The second-order valence-electron chi connectivity index (χ2n) is 6.73. The van der Waals surface area contributed by atoms with E-state index in [1.807, 2.05) is 0 Å². The molecule has 0 spiro atoms. The average Bonchev–Trinajstić information content (AvgIpc) is 2.69. The van der Waals surface area contributed by atoms with E-state index in [4.69, 9.17) is 9.84 Å². The van der Waals surface area contributed by atoms with E-state index in [1.165, 1.54) is 6.92 Å². The number of halogens is 1. The molecule has 0 radical (unpaired) electrons. The third kappa shape index (κ3) is 10.6. The summed E-state index contributed by atoms with van der Waals surface area (Å²) in [5.41, 5.74) is 0.487. The number of carbonyl (C=O) groups excluding carboxylic acids is 3. The van der Waals surface area contributed by atoms with Crippen molar-refractivity contribution in [3.05, 3.63) is 34.3 Å². The number of ether oxygens (including phenoxy) is 1. The van der Waals surface area contributed by atoms with Crippen molar-refractivity contribution in [2.24, 2.45) is 0 Å². The topological polar surface area (TPSA) is 159 Å². The lowest BCUT2D eigenvalue weighted by atomic mass is 10.1. The van der Waals surface area contributed by atoms with E-state index in [1.54, 1.807) is 24.3 Å². The van der Waals surface area contributed by atoms with Crippen LogP contribution in [0.1, 0.15) is 49.4 Å². The maximum Gasteiger partial charge on any atom is 0.408 e. The maximum absolute atomic E-state index is 12.0. The van der Waals surface area contributed by atoms with Crippen LogP contribution >= 0.6 is 15.9 Å². The third-order valence-corrected chi connectivity index (χ3v) is 4.71.